The fraction of sp³-hybridized carbons (Fsp3) is 0.256. The normalized spacial score (nSPS) is 15.4. The van der Waals surface area contributed by atoms with E-state index in [0.29, 0.717) is 69.9 Å². The number of pyridine rings is 2. The summed E-state index contributed by atoms with van der Waals surface area (Å²) in [5, 5.41) is 26.1. The van der Waals surface area contributed by atoms with Gasteiger partial charge in [0.1, 0.15) is 22.9 Å². The highest BCUT2D eigenvalue weighted by molar-refractivity contribution is 7.46. The van der Waals surface area contributed by atoms with Gasteiger partial charge >= 0.3 is 7.82 Å². The molecule has 8 aromatic rings. The SMILES string of the molecule is CCO[C@H]1C[C@@H](n2cc(NC(=O)c3ccc(-c4cnn(COP(=O)(O)O)c4)o3)c(-c3ccc(C(C)OCCn4cc(NC(=O)c5ccc(-c6cn[nH]c6)o5)c(-c5ccccn5)n4)cn3)n2)C1. The van der Waals surface area contributed by atoms with Crippen LogP contribution in [0, 0.1) is 0 Å². The van der Waals surface area contributed by atoms with Crippen LogP contribution in [-0.4, -0.2) is 90.4 Å². The van der Waals surface area contributed by atoms with Crippen molar-refractivity contribution in [2.24, 2.45) is 0 Å². The highest BCUT2D eigenvalue weighted by Gasteiger charge is 2.33. The third-order valence-electron chi connectivity index (χ3n) is 10.6. The zero-order chi connectivity index (χ0) is 45.8. The quantitative estimate of drug-likeness (QED) is 0.0526. The maximum Gasteiger partial charge on any atom is 0.471 e. The number of carbonyl (C=O) groups excluding carboxylic acids is 2. The topological polar surface area (TPSA) is 278 Å². The molecule has 0 bridgehead atoms. The predicted octanol–water partition coefficient (Wildman–Crippen LogP) is 6.73. The van der Waals surface area contributed by atoms with Gasteiger partial charge in [0, 0.05) is 43.8 Å². The summed E-state index contributed by atoms with van der Waals surface area (Å²) in [5.74, 6) is -0.0443. The van der Waals surface area contributed by atoms with Crippen molar-refractivity contribution in [3.8, 4) is 45.4 Å². The number of nitrogens with one attached hydrogen (secondary N) is 3. The Kier molecular flexibility index (Phi) is 12.7. The number of hydrogen-bond acceptors (Lipinski definition) is 14. The molecule has 1 unspecified atom stereocenters. The molecule has 1 aliphatic carbocycles. The van der Waals surface area contributed by atoms with Crippen LogP contribution in [0.25, 0.3) is 45.4 Å². The second-order valence-corrected chi connectivity index (χ2v) is 16.4. The van der Waals surface area contributed by atoms with E-state index >= 15 is 0 Å². The van der Waals surface area contributed by atoms with Crippen LogP contribution in [0.5, 0.6) is 0 Å². The van der Waals surface area contributed by atoms with Gasteiger partial charge < -0.3 is 38.7 Å². The first-order valence-electron chi connectivity index (χ1n) is 20.8. The molecular weight excluding hydrogens is 876 g/mol. The maximum atomic E-state index is 13.6. The number of ether oxygens (including phenoxy) is 2. The van der Waals surface area contributed by atoms with E-state index in [1.165, 1.54) is 23.1 Å². The molecule has 340 valence electrons. The van der Waals surface area contributed by atoms with Gasteiger partial charge in [-0.2, -0.15) is 20.4 Å². The molecule has 9 rings (SSSR count). The Hall–Kier alpha value is -7.33. The average molecular weight is 919 g/mol. The molecule has 1 fully saturated rings. The Morgan fingerprint density at radius 1 is 0.864 bits per heavy atom. The van der Waals surface area contributed by atoms with E-state index < -0.39 is 26.4 Å². The van der Waals surface area contributed by atoms with Crippen LogP contribution in [0.2, 0.25) is 0 Å². The van der Waals surface area contributed by atoms with Crippen LogP contribution in [0.15, 0.2) is 113 Å². The standard InChI is InChI=1S/C43H43N12O10P/c1-3-61-31-16-30(17-31)55-24-35(50-43(57)39-12-10-37(65-39)29-21-48-54(22-29)25-63-66(58,59)60)41(52-55)33-8-7-27(18-45-33)26(2)62-15-14-53-23-34(40(51-53)32-6-4-5-13-44-32)49-42(56)38-11-9-36(64-38)28-19-46-47-20-28/h4-13,18-24,26,30-31H,3,14-17,25H2,1-2H3,(H,46,47)(H,49,56)(H,50,57)(H2,58,59,60)/t26?,30-,31+. The van der Waals surface area contributed by atoms with Gasteiger partial charge in [0.25, 0.3) is 11.8 Å². The summed E-state index contributed by atoms with van der Waals surface area (Å²) in [6, 6.07) is 15.6. The molecule has 0 radical (unpaired) electrons. The van der Waals surface area contributed by atoms with Gasteiger partial charge in [-0.15, -0.1) is 0 Å². The Morgan fingerprint density at radius 2 is 1.59 bits per heavy atom. The lowest BCUT2D eigenvalue weighted by Crippen LogP contribution is -2.33. The fourth-order valence-electron chi connectivity index (χ4n) is 7.19. The highest BCUT2D eigenvalue weighted by atomic mass is 31.2. The van der Waals surface area contributed by atoms with Gasteiger partial charge in [0.05, 0.1) is 77.7 Å². The Morgan fingerprint density at radius 3 is 2.26 bits per heavy atom. The zero-order valence-corrected chi connectivity index (χ0v) is 36.3. The number of nitrogens with zero attached hydrogens (tertiary/aromatic N) is 9. The van der Waals surface area contributed by atoms with Gasteiger partial charge in [0.2, 0.25) is 0 Å². The molecule has 23 heteroatoms. The lowest BCUT2D eigenvalue weighted by Gasteiger charge is -2.34. The molecule has 1 saturated carbocycles. The summed E-state index contributed by atoms with van der Waals surface area (Å²) in [6.07, 6.45) is 14.3. The van der Waals surface area contributed by atoms with Gasteiger partial charge in [0.15, 0.2) is 18.3 Å². The minimum atomic E-state index is -4.69. The molecule has 2 amide bonds. The third kappa shape index (κ3) is 10.1. The van der Waals surface area contributed by atoms with Gasteiger partial charge in [-0.1, -0.05) is 12.1 Å². The first-order valence-corrected chi connectivity index (χ1v) is 22.3. The lowest BCUT2D eigenvalue weighted by atomic mass is 9.89. The molecule has 0 spiro atoms. The third-order valence-corrected chi connectivity index (χ3v) is 11.1. The molecule has 5 N–H and O–H groups in total. The summed E-state index contributed by atoms with van der Waals surface area (Å²) in [7, 11) is -4.69. The minimum Gasteiger partial charge on any atom is -0.451 e. The second kappa shape index (κ2) is 19.0. The van der Waals surface area contributed by atoms with Crippen LogP contribution >= 0.6 is 7.82 Å². The van der Waals surface area contributed by atoms with Gasteiger partial charge in [-0.3, -0.25) is 38.5 Å². The van der Waals surface area contributed by atoms with Crippen molar-refractivity contribution in [2.75, 3.05) is 23.8 Å². The number of hydrogen-bond donors (Lipinski definition) is 5. The molecule has 0 saturated heterocycles. The molecule has 8 heterocycles. The van der Waals surface area contributed by atoms with Crippen molar-refractivity contribution in [1.82, 2.24) is 49.5 Å². The van der Waals surface area contributed by atoms with E-state index in [9.17, 15) is 14.2 Å². The van der Waals surface area contributed by atoms with Crippen molar-refractivity contribution < 1.29 is 46.8 Å². The summed E-state index contributed by atoms with van der Waals surface area (Å²) in [4.78, 5) is 54.0. The van der Waals surface area contributed by atoms with Crippen molar-refractivity contribution in [2.45, 2.75) is 58.2 Å². The van der Waals surface area contributed by atoms with Crippen molar-refractivity contribution in [1.29, 1.82) is 0 Å². The van der Waals surface area contributed by atoms with Gasteiger partial charge in [-0.05, 0) is 74.7 Å². The molecule has 1 atom stereocenters. The number of aromatic nitrogens is 10. The Balaban J connectivity index is 0.858. The van der Waals surface area contributed by atoms with E-state index in [4.69, 9.17) is 43.3 Å². The number of furan rings is 2. The summed E-state index contributed by atoms with van der Waals surface area (Å²) >= 11 is 0. The molecule has 66 heavy (non-hydrogen) atoms. The molecular formula is C43H43N12O10P. The molecule has 8 aromatic heterocycles. The monoisotopic (exact) mass is 918 g/mol. The number of carbonyl (C=O) groups is 2. The number of aromatic amines is 1. The summed E-state index contributed by atoms with van der Waals surface area (Å²) in [5.41, 5.74) is 4.89. The number of phosphoric ester groups is 1. The summed E-state index contributed by atoms with van der Waals surface area (Å²) in [6.45, 7) is 4.65. The van der Waals surface area contributed by atoms with E-state index in [0.717, 1.165) is 18.4 Å². The van der Waals surface area contributed by atoms with E-state index in [1.54, 1.807) is 66.1 Å². The lowest BCUT2D eigenvalue weighted by molar-refractivity contribution is -0.0226. The first kappa shape index (κ1) is 43.9. The largest absolute Gasteiger partial charge is 0.471 e. The second-order valence-electron chi connectivity index (χ2n) is 15.2. The number of anilines is 2. The van der Waals surface area contributed by atoms with E-state index in [1.807, 2.05) is 42.8 Å². The number of phosphoric acid groups is 1. The Labute approximate surface area is 375 Å². The number of rotatable bonds is 19. The first-order chi connectivity index (χ1) is 32.0. The van der Waals surface area contributed by atoms with Crippen molar-refractivity contribution >= 4 is 31.0 Å². The maximum absolute atomic E-state index is 13.6. The molecule has 1 aliphatic rings. The molecule has 22 nitrogen and oxygen atoms in total. The highest BCUT2D eigenvalue weighted by Crippen LogP contribution is 2.38. The number of H-pyrrole nitrogens is 1. The number of amides is 2. The van der Waals surface area contributed by atoms with Gasteiger partial charge in [-0.25, -0.2) is 9.25 Å². The molecule has 0 aromatic carbocycles. The van der Waals surface area contributed by atoms with Crippen LogP contribution in [0.3, 0.4) is 0 Å². The van der Waals surface area contributed by atoms with Crippen molar-refractivity contribution in [3.05, 3.63) is 121 Å². The minimum absolute atomic E-state index is 0.00978. The van der Waals surface area contributed by atoms with Crippen LogP contribution in [0.1, 0.15) is 65.5 Å². The average Bonchev–Trinajstić information content (AvgIpc) is 4.16. The zero-order valence-electron chi connectivity index (χ0n) is 35.4. The Bertz CT molecular complexity index is 2960. The molecule has 0 aliphatic heterocycles. The van der Waals surface area contributed by atoms with E-state index in [2.05, 4.69) is 35.4 Å². The van der Waals surface area contributed by atoms with E-state index in [-0.39, 0.29) is 36.4 Å². The van der Waals surface area contributed by atoms with Crippen LogP contribution in [0.4, 0.5) is 11.4 Å². The van der Waals surface area contributed by atoms with Crippen LogP contribution in [-0.2, 0) is 31.8 Å². The van der Waals surface area contributed by atoms with Crippen molar-refractivity contribution in [3.63, 3.8) is 0 Å². The van der Waals surface area contributed by atoms with Crippen LogP contribution < -0.4 is 10.6 Å². The predicted molar refractivity (Wildman–Crippen MR) is 234 cm³/mol. The smallest absolute Gasteiger partial charge is 0.451 e. The summed E-state index contributed by atoms with van der Waals surface area (Å²) < 4.78 is 43.9. The fourth-order valence-corrected chi connectivity index (χ4v) is 7.46.